The number of benzene rings is 2. The lowest BCUT2D eigenvalue weighted by Gasteiger charge is -2.34. The van der Waals surface area contributed by atoms with E-state index in [1.165, 1.54) is 12.1 Å². The molecule has 7 heteroatoms. The summed E-state index contributed by atoms with van der Waals surface area (Å²) in [6.07, 6.45) is 1.64. The third kappa shape index (κ3) is 3.61. The summed E-state index contributed by atoms with van der Waals surface area (Å²) < 4.78 is 19.0. The molecule has 1 unspecified atom stereocenters. The smallest absolute Gasteiger partial charge is 0.322 e. The van der Waals surface area contributed by atoms with E-state index in [-0.39, 0.29) is 11.8 Å². The fraction of sp³-hybridized carbons (Fsp3) is 0.174. The van der Waals surface area contributed by atoms with Crippen molar-refractivity contribution in [2.45, 2.75) is 19.9 Å². The van der Waals surface area contributed by atoms with Crippen LogP contribution >= 0.6 is 0 Å². The van der Waals surface area contributed by atoms with E-state index in [0.29, 0.717) is 35.1 Å². The highest BCUT2D eigenvalue weighted by atomic mass is 19.1. The molecule has 2 heterocycles. The van der Waals surface area contributed by atoms with Crippen molar-refractivity contribution in [3.8, 4) is 11.4 Å². The van der Waals surface area contributed by atoms with Gasteiger partial charge in [-0.3, -0.25) is 4.90 Å². The lowest BCUT2D eigenvalue weighted by Crippen LogP contribution is -2.46. The van der Waals surface area contributed by atoms with Crippen LogP contribution in [0.3, 0.4) is 0 Å². The van der Waals surface area contributed by atoms with E-state index < -0.39 is 6.04 Å². The van der Waals surface area contributed by atoms with E-state index in [1.807, 2.05) is 38.1 Å². The van der Waals surface area contributed by atoms with Crippen LogP contribution in [0, 0.1) is 12.7 Å². The van der Waals surface area contributed by atoms with Gasteiger partial charge in [-0.05, 0) is 31.5 Å². The first kappa shape index (κ1) is 19.6. The number of aryl methyl sites for hydroxylation is 1. The largest absolute Gasteiger partial charge is 0.334 e. The molecule has 1 atom stereocenters. The summed E-state index contributed by atoms with van der Waals surface area (Å²) in [4.78, 5) is 18.8. The molecule has 152 valence electrons. The number of nitrogens with zero attached hydrogens (tertiary/aromatic N) is 3. The molecule has 0 bridgehead atoms. The van der Waals surface area contributed by atoms with Crippen molar-refractivity contribution in [2.24, 2.45) is 0 Å². The monoisotopic (exact) mass is 404 g/mol. The molecule has 1 aliphatic heterocycles. The van der Waals surface area contributed by atoms with E-state index in [0.717, 1.165) is 11.1 Å². The molecule has 0 fully saturated rings. The summed E-state index contributed by atoms with van der Waals surface area (Å²) in [5, 5.41) is 7.08. The molecule has 3 aromatic rings. The predicted molar refractivity (Wildman–Crippen MR) is 112 cm³/mol. The topological polar surface area (TPSA) is 71.3 Å². The van der Waals surface area contributed by atoms with E-state index in [1.54, 1.807) is 23.1 Å². The SMILES string of the molecule is C=CCN1C(=O)NC(c2ccc(F)cc2)C(c2nc(-c3ccc(C)cc3)no2)=C1C. The van der Waals surface area contributed by atoms with Gasteiger partial charge in [0.05, 0.1) is 11.6 Å². The van der Waals surface area contributed by atoms with Crippen molar-refractivity contribution in [3.63, 3.8) is 0 Å². The number of halogens is 1. The molecule has 6 nitrogen and oxygen atoms in total. The Hall–Kier alpha value is -3.74. The average molecular weight is 404 g/mol. The number of amides is 2. The lowest BCUT2D eigenvalue weighted by molar-refractivity contribution is 0.209. The molecule has 1 aliphatic rings. The maximum absolute atomic E-state index is 13.4. The third-order valence-electron chi connectivity index (χ3n) is 5.08. The van der Waals surface area contributed by atoms with Gasteiger partial charge in [0.25, 0.3) is 5.89 Å². The van der Waals surface area contributed by atoms with Crippen molar-refractivity contribution < 1.29 is 13.7 Å². The summed E-state index contributed by atoms with van der Waals surface area (Å²) in [6, 6.07) is 13.0. The fourth-order valence-corrected chi connectivity index (χ4v) is 3.47. The molecule has 1 N–H and O–H groups in total. The van der Waals surface area contributed by atoms with Crippen molar-refractivity contribution in [2.75, 3.05) is 6.54 Å². The van der Waals surface area contributed by atoms with E-state index in [4.69, 9.17) is 4.52 Å². The average Bonchev–Trinajstić information content (AvgIpc) is 3.21. The number of carbonyl (C=O) groups is 1. The first-order valence-electron chi connectivity index (χ1n) is 9.54. The zero-order chi connectivity index (χ0) is 21.3. The standard InChI is InChI=1S/C23H21FN4O2/c1-4-13-28-15(3)19(20(25-23(28)29)16-9-11-18(24)12-10-16)22-26-21(27-30-22)17-7-5-14(2)6-8-17/h4-12,20H,1,13H2,2-3H3,(H,25,29). The summed E-state index contributed by atoms with van der Waals surface area (Å²) in [5.41, 5.74) is 4.01. The highest BCUT2D eigenvalue weighted by molar-refractivity contribution is 5.87. The van der Waals surface area contributed by atoms with Gasteiger partial charge in [0.15, 0.2) is 0 Å². The van der Waals surface area contributed by atoms with Crippen LogP contribution in [0.2, 0.25) is 0 Å². The van der Waals surface area contributed by atoms with Crippen LogP contribution in [-0.2, 0) is 0 Å². The van der Waals surface area contributed by atoms with Crippen LogP contribution in [0.15, 0.2) is 71.4 Å². The molecular formula is C23H21FN4O2. The quantitative estimate of drug-likeness (QED) is 0.616. The Kier molecular flexibility index (Phi) is 5.18. The fourth-order valence-electron chi connectivity index (χ4n) is 3.47. The van der Waals surface area contributed by atoms with Crippen LogP contribution in [0.5, 0.6) is 0 Å². The van der Waals surface area contributed by atoms with Crippen LogP contribution in [-0.4, -0.2) is 27.6 Å². The normalized spacial score (nSPS) is 16.6. The molecule has 0 radical (unpaired) electrons. The van der Waals surface area contributed by atoms with Gasteiger partial charge in [-0.15, -0.1) is 6.58 Å². The number of rotatable bonds is 5. The van der Waals surface area contributed by atoms with Gasteiger partial charge in [0, 0.05) is 17.8 Å². The number of hydrogen-bond acceptors (Lipinski definition) is 4. The molecule has 2 aromatic carbocycles. The van der Waals surface area contributed by atoms with Crippen LogP contribution in [0.1, 0.15) is 30.0 Å². The van der Waals surface area contributed by atoms with Gasteiger partial charge in [0.2, 0.25) is 5.82 Å². The van der Waals surface area contributed by atoms with E-state index in [9.17, 15) is 9.18 Å². The van der Waals surface area contributed by atoms with Gasteiger partial charge in [0.1, 0.15) is 5.82 Å². The van der Waals surface area contributed by atoms with Gasteiger partial charge in [-0.2, -0.15) is 4.98 Å². The maximum atomic E-state index is 13.4. The van der Waals surface area contributed by atoms with Gasteiger partial charge < -0.3 is 9.84 Å². The Balaban J connectivity index is 1.81. The molecule has 0 saturated heterocycles. The number of nitrogens with one attached hydrogen (secondary N) is 1. The summed E-state index contributed by atoms with van der Waals surface area (Å²) >= 11 is 0. The van der Waals surface area contributed by atoms with Crippen molar-refractivity contribution in [1.29, 1.82) is 0 Å². The molecule has 30 heavy (non-hydrogen) atoms. The Morgan fingerprint density at radius 3 is 2.53 bits per heavy atom. The Morgan fingerprint density at radius 2 is 1.87 bits per heavy atom. The zero-order valence-corrected chi connectivity index (χ0v) is 16.7. The molecule has 0 aliphatic carbocycles. The Bertz CT molecular complexity index is 1120. The van der Waals surface area contributed by atoms with E-state index in [2.05, 4.69) is 22.0 Å². The van der Waals surface area contributed by atoms with Crippen molar-refractivity contribution >= 4 is 11.6 Å². The number of urea groups is 1. The van der Waals surface area contributed by atoms with Crippen LogP contribution < -0.4 is 5.32 Å². The molecule has 0 spiro atoms. The predicted octanol–water partition coefficient (Wildman–Crippen LogP) is 4.87. The minimum Gasteiger partial charge on any atom is -0.334 e. The second kappa shape index (κ2) is 7.94. The van der Waals surface area contributed by atoms with Crippen molar-refractivity contribution in [3.05, 3.63) is 89.7 Å². The minimum absolute atomic E-state index is 0.274. The summed E-state index contributed by atoms with van der Waals surface area (Å²) in [6.45, 7) is 7.88. The first-order valence-corrected chi connectivity index (χ1v) is 9.54. The van der Waals surface area contributed by atoms with Gasteiger partial charge in [-0.25, -0.2) is 9.18 Å². The molecule has 1 aromatic heterocycles. The summed E-state index contributed by atoms with van der Waals surface area (Å²) in [7, 11) is 0. The molecule has 0 saturated carbocycles. The highest BCUT2D eigenvalue weighted by Gasteiger charge is 2.35. The third-order valence-corrected chi connectivity index (χ3v) is 5.08. The lowest BCUT2D eigenvalue weighted by atomic mass is 9.94. The number of allylic oxidation sites excluding steroid dienone is 1. The second-order valence-corrected chi connectivity index (χ2v) is 7.12. The maximum Gasteiger partial charge on any atom is 0.322 e. The number of aromatic nitrogens is 2. The minimum atomic E-state index is -0.550. The van der Waals surface area contributed by atoms with Crippen LogP contribution in [0.25, 0.3) is 17.0 Å². The number of hydrogen-bond donors (Lipinski definition) is 1. The number of carbonyl (C=O) groups excluding carboxylic acids is 1. The second-order valence-electron chi connectivity index (χ2n) is 7.12. The Morgan fingerprint density at radius 1 is 1.17 bits per heavy atom. The van der Waals surface area contributed by atoms with Crippen LogP contribution in [0.4, 0.5) is 9.18 Å². The van der Waals surface area contributed by atoms with Crippen molar-refractivity contribution in [1.82, 2.24) is 20.4 Å². The zero-order valence-electron chi connectivity index (χ0n) is 16.7. The Labute approximate surface area is 173 Å². The highest BCUT2D eigenvalue weighted by Crippen LogP contribution is 2.37. The van der Waals surface area contributed by atoms with Gasteiger partial charge >= 0.3 is 6.03 Å². The summed E-state index contributed by atoms with van der Waals surface area (Å²) in [5.74, 6) is 0.401. The first-order chi connectivity index (χ1) is 14.5. The molecular weight excluding hydrogens is 383 g/mol. The van der Waals surface area contributed by atoms with Gasteiger partial charge in [-0.1, -0.05) is 53.2 Å². The molecule has 4 rings (SSSR count). The van der Waals surface area contributed by atoms with E-state index >= 15 is 0 Å². The molecule has 2 amide bonds.